The van der Waals surface area contributed by atoms with Gasteiger partial charge in [-0.3, -0.25) is 9.59 Å². The van der Waals surface area contributed by atoms with E-state index in [-0.39, 0.29) is 23.8 Å². The van der Waals surface area contributed by atoms with Gasteiger partial charge in [-0.25, -0.2) is 9.78 Å². The number of thiazole rings is 1. The molecule has 1 fully saturated rings. The molecule has 0 aliphatic carbocycles. The third kappa shape index (κ3) is 5.06. The Labute approximate surface area is 202 Å². The Balaban J connectivity index is 1.43. The largest absolute Gasteiger partial charge is 0.450 e. The van der Waals surface area contributed by atoms with E-state index in [1.807, 2.05) is 55.1 Å². The van der Waals surface area contributed by atoms with Crippen molar-refractivity contribution in [2.75, 3.05) is 32.8 Å². The number of aromatic nitrogens is 2. The van der Waals surface area contributed by atoms with E-state index >= 15 is 0 Å². The molecule has 0 spiro atoms. The molecule has 9 nitrogen and oxygen atoms in total. The first-order valence-electron chi connectivity index (χ1n) is 11.4. The SMILES string of the molecule is CCOC(=O)N1CCN(C(=O)[C@H](NC(=O)c2ccc3nc(-n4cccc4)sc3c2)C(C)C)CC1. The van der Waals surface area contributed by atoms with Gasteiger partial charge in [-0.15, -0.1) is 0 Å². The first kappa shape index (κ1) is 23.7. The summed E-state index contributed by atoms with van der Waals surface area (Å²) in [5.74, 6) is -0.525. The molecule has 3 amide bonds. The molecule has 0 saturated carbocycles. The average Bonchev–Trinajstić information content (AvgIpc) is 3.51. The van der Waals surface area contributed by atoms with Crippen LogP contribution in [0.3, 0.4) is 0 Å². The minimum Gasteiger partial charge on any atom is -0.450 e. The molecule has 1 aromatic carbocycles. The fourth-order valence-electron chi connectivity index (χ4n) is 3.89. The summed E-state index contributed by atoms with van der Waals surface area (Å²) < 4.78 is 7.87. The van der Waals surface area contributed by atoms with E-state index in [0.717, 1.165) is 15.3 Å². The van der Waals surface area contributed by atoms with Crippen molar-refractivity contribution in [3.8, 4) is 5.13 Å². The van der Waals surface area contributed by atoms with Crippen molar-refractivity contribution in [1.29, 1.82) is 0 Å². The Bertz CT molecular complexity index is 1170. The van der Waals surface area contributed by atoms with Crippen LogP contribution in [0.1, 0.15) is 31.1 Å². The van der Waals surface area contributed by atoms with Crippen molar-refractivity contribution in [3.05, 3.63) is 48.3 Å². The van der Waals surface area contributed by atoms with Crippen molar-refractivity contribution < 1.29 is 19.1 Å². The predicted octanol–water partition coefficient (Wildman–Crippen LogP) is 3.14. The molecular weight excluding hydrogens is 454 g/mol. The first-order chi connectivity index (χ1) is 16.4. The van der Waals surface area contributed by atoms with Crippen LogP contribution in [0.25, 0.3) is 15.3 Å². The first-order valence-corrected chi connectivity index (χ1v) is 12.2. The number of hydrogen-bond donors (Lipinski definition) is 1. The second-order valence-corrected chi connectivity index (χ2v) is 9.48. The van der Waals surface area contributed by atoms with Gasteiger partial charge in [-0.1, -0.05) is 25.2 Å². The molecule has 0 unspecified atom stereocenters. The summed E-state index contributed by atoms with van der Waals surface area (Å²) in [7, 11) is 0. The number of ether oxygens (including phenoxy) is 1. The number of rotatable bonds is 6. The number of fused-ring (bicyclic) bond motifs is 1. The van der Waals surface area contributed by atoms with Crippen molar-refractivity contribution in [2.45, 2.75) is 26.8 Å². The number of benzene rings is 1. The fourth-order valence-corrected chi connectivity index (χ4v) is 4.86. The highest BCUT2D eigenvalue weighted by Gasteiger charge is 2.32. The molecule has 2 aromatic heterocycles. The van der Waals surface area contributed by atoms with Gasteiger partial charge in [0.1, 0.15) is 6.04 Å². The zero-order chi connectivity index (χ0) is 24.2. The van der Waals surface area contributed by atoms with Crippen LogP contribution in [0.5, 0.6) is 0 Å². The summed E-state index contributed by atoms with van der Waals surface area (Å²) in [4.78, 5) is 46.1. The molecule has 0 radical (unpaired) electrons. The lowest BCUT2D eigenvalue weighted by Crippen LogP contribution is -2.57. The van der Waals surface area contributed by atoms with Crippen molar-refractivity contribution in [3.63, 3.8) is 0 Å². The van der Waals surface area contributed by atoms with Gasteiger partial charge in [0, 0.05) is 44.1 Å². The van der Waals surface area contributed by atoms with E-state index in [4.69, 9.17) is 4.74 Å². The van der Waals surface area contributed by atoms with Crippen LogP contribution in [-0.4, -0.2) is 76.1 Å². The number of nitrogens with one attached hydrogen (secondary N) is 1. The molecule has 3 heterocycles. The molecule has 1 saturated heterocycles. The molecule has 3 aromatic rings. The highest BCUT2D eigenvalue weighted by Crippen LogP contribution is 2.26. The van der Waals surface area contributed by atoms with Crippen LogP contribution in [0.2, 0.25) is 0 Å². The third-order valence-electron chi connectivity index (χ3n) is 5.80. The number of carbonyl (C=O) groups excluding carboxylic acids is 3. The number of piperazine rings is 1. The van der Waals surface area contributed by atoms with Crippen LogP contribution in [0.15, 0.2) is 42.7 Å². The molecule has 4 rings (SSSR count). The van der Waals surface area contributed by atoms with Crippen LogP contribution in [0.4, 0.5) is 4.79 Å². The van der Waals surface area contributed by atoms with Gasteiger partial charge in [0.25, 0.3) is 5.91 Å². The maximum absolute atomic E-state index is 13.2. The van der Waals surface area contributed by atoms with Crippen molar-refractivity contribution >= 4 is 39.5 Å². The minimum absolute atomic E-state index is 0.0907. The van der Waals surface area contributed by atoms with Crippen LogP contribution < -0.4 is 5.32 Å². The molecule has 180 valence electrons. The standard InChI is InChI=1S/C24H29N5O4S/c1-4-33-24(32)29-13-11-27(12-14-29)22(31)20(16(2)3)26-21(30)17-7-8-18-19(15-17)34-23(25-18)28-9-5-6-10-28/h5-10,15-16,20H,4,11-14H2,1-3H3,(H,26,30)/t20-/m1/s1. The van der Waals surface area contributed by atoms with Gasteiger partial charge in [0.05, 0.1) is 16.8 Å². The van der Waals surface area contributed by atoms with E-state index in [9.17, 15) is 14.4 Å². The topological polar surface area (TPSA) is 96.8 Å². The molecule has 1 aliphatic rings. The maximum atomic E-state index is 13.2. The van der Waals surface area contributed by atoms with E-state index < -0.39 is 6.04 Å². The summed E-state index contributed by atoms with van der Waals surface area (Å²) in [5.41, 5.74) is 1.31. The maximum Gasteiger partial charge on any atom is 0.409 e. The molecule has 0 bridgehead atoms. The predicted molar refractivity (Wildman–Crippen MR) is 130 cm³/mol. The Morgan fingerprint density at radius 3 is 2.41 bits per heavy atom. The lowest BCUT2D eigenvalue weighted by molar-refractivity contribution is -0.135. The Morgan fingerprint density at radius 2 is 1.76 bits per heavy atom. The molecule has 10 heteroatoms. The van der Waals surface area contributed by atoms with E-state index in [1.54, 1.807) is 22.8 Å². The summed E-state index contributed by atoms with van der Waals surface area (Å²) in [6, 6.07) is 8.59. The summed E-state index contributed by atoms with van der Waals surface area (Å²) in [5, 5.41) is 3.76. The number of amides is 3. The highest BCUT2D eigenvalue weighted by molar-refractivity contribution is 7.20. The minimum atomic E-state index is -0.658. The van der Waals surface area contributed by atoms with Crippen molar-refractivity contribution in [1.82, 2.24) is 24.7 Å². The zero-order valence-electron chi connectivity index (χ0n) is 19.6. The Kier molecular flexibility index (Phi) is 7.16. The molecule has 34 heavy (non-hydrogen) atoms. The van der Waals surface area contributed by atoms with E-state index in [2.05, 4.69) is 10.3 Å². The Morgan fingerprint density at radius 1 is 1.09 bits per heavy atom. The van der Waals surface area contributed by atoms with Crippen LogP contribution in [0, 0.1) is 5.92 Å². The number of carbonyl (C=O) groups is 3. The Hall–Kier alpha value is -3.40. The summed E-state index contributed by atoms with van der Waals surface area (Å²) in [6.07, 6.45) is 3.50. The quantitative estimate of drug-likeness (QED) is 0.581. The summed E-state index contributed by atoms with van der Waals surface area (Å²) in [6.45, 7) is 7.55. The molecule has 1 aliphatic heterocycles. The fraction of sp³-hybridized carbons (Fsp3) is 0.417. The molecule has 1 atom stereocenters. The second-order valence-electron chi connectivity index (χ2n) is 8.48. The molecular formula is C24H29N5O4S. The smallest absolute Gasteiger partial charge is 0.409 e. The lowest BCUT2D eigenvalue weighted by Gasteiger charge is -2.36. The van der Waals surface area contributed by atoms with E-state index in [0.29, 0.717) is 38.3 Å². The van der Waals surface area contributed by atoms with Gasteiger partial charge in [-0.2, -0.15) is 0 Å². The summed E-state index contributed by atoms with van der Waals surface area (Å²) >= 11 is 1.50. The lowest BCUT2D eigenvalue weighted by atomic mass is 10.0. The normalized spacial score (nSPS) is 14.9. The van der Waals surface area contributed by atoms with Gasteiger partial charge in [0.15, 0.2) is 5.13 Å². The third-order valence-corrected chi connectivity index (χ3v) is 6.83. The zero-order valence-corrected chi connectivity index (χ0v) is 20.4. The van der Waals surface area contributed by atoms with Crippen LogP contribution >= 0.6 is 11.3 Å². The highest BCUT2D eigenvalue weighted by atomic mass is 32.1. The van der Waals surface area contributed by atoms with Gasteiger partial charge < -0.3 is 24.4 Å². The van der Waals surface area contributed by atoms with Gasteiger partial charge in [-0.05, 0) is 43.2 Å². The second kappa shape index (κ2) is 10.3. The monoisotopic (exact) mass is 483 g/mol. The van der Waals surface area contributed by atoms with Crippen LogP contribution in [-0.2, 0) is 9.53 Å². The number of hydrogen-bond acceptors (Lipinski definition) is 6. The van der Waals surface area contributed by atoms with Gasteiger partial charge >= 0.3 is 6.09 Å². The van der Waals surface area contributed by atoms with Crippen molar-refractivity contribution in [2.24, 2.45) is 5.92 Å². The number of nitrogens with zero attached hydrogens (tertiary/aromatic N) is 4. The van der Waals surface area contributed by atoms with E-state index in [1.165, 1.54) is 11.3 Å². The van der Waals surface area contributed by atoms with Gasteiger partial charge in [0.2, 0.25) is 5.91 Å². The average molecular weight is 484 g/mol. The molecule has 1 N–H and O–H groups in total.